The zero-order valence-corrected chi connectivity index (χ0v) is 13.8. The molecule has 2 rings (SSSR count). The molecule has 0 bridgehead atoms. The quantitative estimate of drug-likeness (QED) is 0.577. The van der Waals surface area contributed by atoms with Crippen molar-refractivity contribution in [2.45, 2.75) is 6.92 Å². The fourth-order valence-corrected chi connectivity index (χ4v) is 1.95. The van der Waals surface area contributed by atoms with Crippen LogP contribution in [0.3, 0.4) is 0 Å². The summed E-state index contributed by atoms with van der Waals surface area (Å²) in [5, 5.41) is 6.94. The van der Waals surface area contributed by atoms with Gasteiger partial charge in [0.1, 0.15) is 11.5 Å². The Kier molecular flexibility index (Phi) is 6.64. The molecule has 0 atom stereocenters. The summed E-state index contributed by atoms with van der Waals surface area (Å²) in [4.78, 5) is 11.8. The molecule has 0 saturated heterocycles. The van der Waals surface area contributed by atoms with Gasteiger partial charge in [0.05, 0.1) is 26.5 Å². The Balaban J connectivity index is 1.77. The molecular formula is C18H21N3O3. The number of carbonyl (C=O) groups is 1. The standard InChI is InChI=1S/C18H21N3O3/c1-3-24-16-9-7-14(8-10-16)12-20-21-18(22)13-19-15-5-4-6-17(11-15)23-2/h4-12,19H,3,13H2,1-2H3,(H,21,22)/b20-12-. The molecule has 24 heavy (non-hydrogen) atoms. The predicted octanol–water partition coefficient (Wildman–Crippen LogP) is 2.66. The molecule has 0 aromatic heterocycles. The highest BCUT2D eigenvalue weighted by Crippen LogP contribution is 2.16. The molecule has 6 heteroatoms. The second-order valence-electron chi connectivity index (χ2n) is 4.88. The van der Waals surface area contributed by atoms with Crippen molar-refractivity contribution in [2.75, 3.05) is 25.6 Å². The topological polar surface area (TPSA) is 72.0 Å². The van der Waals surface area contributed by atoms with Crippen LogP contribution >= 0.6 is 0 Å². The summed E-state index contributed by atoms with van der Waals surface area (Å²) in [5.74, 6) is 1.30. The SMILES string of the molecule is CCOc1ccc(/C=N\NC(=O)CNc2cccc(OC)c2)cc1. The van der Waals surface area contributed by atoms with E-state index in [9.17, 15) is 4.79 Å². The van der Waals surface area contributed by atoms with Crippen LogP contribution in [0.5, 0.6) is 11.5 Å². The van der Waals surface area contributed by atoms with Gasteiger partial charge < -0.3 is 14.8 Å². The number of benzene rings is 2. The third-order valence-electron chi connectivity index (χ3n) is 3.12. The summed E-state index contributed by atoms with van der Waals surface area (Å²) in [6, 6.07) is 14.8. The molecule has 1 amide bonds. The first kappa shape index (κ1) is 17.3. The normalized spacial score (nSPS) is 10.4. The van der Waals surface area contributed by atoms with Gasteiger partial charge in [-0.1, -0.05) is 6.07 Å². The highest BCUT2D eigenvalue weighted by atomic mass is 16.5. The van der Waals surface area contributed by atoms with Gasteiger partial charge in [-0.2, -0.15) is 5.10 Å². The summed E-state index contributed by atoms with van der Waals surface area (Å²) in [5.41, 5.74) is 4.16. The van der Waals surface area contributed by atoms with Crippen LogP contribution in [-0.4, -0.2) is 32.4 Å². The van der Waals surface area contributed by atoms with Gasteiger partial charge in [-0.05, 0) is 48.9 Å². The van der Waals surface area contributed by atoms with E-state index in [1.54, 1.807) is 13.3 Å². The van der Waals surface area contributed by atoms with Crippen LogP contribution in [-0.2, 0) is 4.79 Å². The molecule has 0 unspecified atom stereocenters. The molecule has 0 spiro atoms. The van der Waals surface area contributed by atoms with E-state index in [2.05, 4.69) is 15.8 Å². The zero-order chi connectivity index (χ0) is 17.2. The first-order chi connectivity index (χ1) is 11.7. The Morgan fingerprint density at radius 2 is 1.96 bits per heavy atom. The van der Waals surface area contributed by atoms with Gasteiger partial charge >= 0.3 is 0 Å². The van der Waals surface area contributed by atoms with Gasteiger partial charge in [0.25, 0.3) is 5.91 Å². The van der Waals surface area contributed by atoms with Crippen molar-refractivity contribution in [1.82, 2.24) is 5.43 Å². The second-order valence-corrected chi connectivity index (χ2v) is 4.88. The van der Waals surface area contributed by atoms with Crippen LogP contribution < -0.4 is 20.2 Å². The minimum absolute atomic E-state index is 0.119. The van der Waals surface area contributed by atoms with Crippen LogP contribution in [0.1, 0.15) is 12.5 Å². The summed E-state index contributed by atoms with van der Waals surface area (Å²) in [6.45, 7) is 2.68. The maximum Gasteiger partial charge on any atom is 0.259 e. The molecule has 0 aliphatic heterocycles. The number of hydrogen-bond acceptors (Lipinski definition) is 5. The minimum Gasteiger partial charge on any atom is -0.497 e. The zero-order valence-electron chi connectivity index (χ0n) is 13.8. The van der Waals surface area contributed by atoms with Crippen LogP contribution in [0.15, 0.2) is 53.6 Å². The lowest BCUT2D eigenvalue weighted by Gasteiger charge is -2.07. The van der Waals surface area contributed by atoms with Crippen LogP contribution in [0.4, 0.5) is 5.69 Å². The number of anilines is 1. The average molecular weight is 327 g/mol. The van der Waals surface area contributed by atoms with E-state index in [1.807, 2.05) is 55.5 Å². The molecule has 0 aliphatic carbocycles. The Bertz CT molecular complexity index is 684. The van der Waals surface area contributed by atoms with Crippen LogP contribution in [0.25, 0.3) is 0 Å². The number of ether oxygens (including phenoxy) is 2. The van der Waals surface area contributed by atoms with Crippen LogP contribution in [0.2, 0.25) is 0 Å². The fraction of sp³-hybridized carbons (Fsp3) is 0.222. The number of methoxy groups -OCH3 is 1. The van der Waals surface area contributed by atoms with E-state index in [4.69, 9.17) is 9.47 Å². The molecule has 2 aromatic carbocycles. The third kappa shape index (κ3) is 5.64. The Morgan fingerprint density at radius 1 is 1.17 bits per heavy atom. The molecule has 0 radical (unpaired) electrons. The van der Waals surface area contributed by atoms with Crippen molar-refractivity contribution in [3.05, 3.63) is 54.1 Å². The Morgan fingerprint density at radius 3 is 2.67 bits per heavy atom. The summed E-state index contributed by atoms with van der Waals surface area (Å²) < 4.78 is 10.5. The van der Waals surface area contributed by atoms with Crippen molar-refractivity contribution in [3.8, 4) is 11.5 Å². The monoisotopic (exact) mass is 327 g/mol. The molecular weight excluding hydrogens is 306 g/mol. The van der Waals surface area contributed by atoms with Crippen LogP contribution in [0, 0.1) is 0 Å². The highest BCUT2D eigenvalue weighted by Gasteiger charge is 2.00. The lowest BCUT2D eigenvalue weighted by Crippen LogP contribution is -2.25. The maximum absolute atomic E-state index is 11.8. The average Bonchev–Trinajstić information content (AvgIpc) is 2.62. The Labute approximate surface area is 141 Å². The number of nitrogens with one attached hydrogen (secondary N) is 2. The van der Waals surface area contributed by atoms with E-state index in [0.717, 1.165) is 22.7 Å². The fourth-order valence-electron chi connectivity index (χ4n) is 1.95. The molecule has 2 N–H and O–H groups in total. The highest BCUT2D eigenvalue weighted by molar-refractivity contribution is 5.84. The van der Waals surface area contributed by atoms with Gasteiger partial charge in [0, 0.05) is 11.8 Å². The molecule has 6 nitrogen and oxygen atoms in total. The predicted molar refractivity (Wildman–Crippen MR) is 94.8 cm³/mol. The maximum atomic E-state index is 11.8. The smallest absolute Gasteiger partial charge is 0.259 e. The number of hydrazone groups is 1. The van der Waals surface area contributed by atoms with Crippen molar-refractivity contribution in [1.29, 1.82) is 0 Å². The number of amides is 1. The third-order valence-corrected chi connectivity index (χ3v) is 3.12. The van der Waals surface area contributed by atoms with Gasteiger partial charge in [-0.3, -0.25) is 4.79 Å². The van der Waals surface area contributed by atoms with E-state index in [1.165, 1.54) is 0 Å². The molecule has 0 heterocycles. The minimum atomic E-state index is -0.236. The number of carbonyl (C=O) groups excluding carboxylic acids is 1. The van der Waals surface area contributed by atoms with E-state index in [0.29, 0.717) is 6.61 Å². The number of rotatable bonds is 8. The summed E-state index contributed by atoms with van der Waals surface area (Å²) in [7, 11) is 1.60. The lowest BCUT2D eigenvalue weighted by molar-refractivity contribution is -0.119. The molecule has 0 saturated carbocycles. The van der Waals surface area contributed by atoms with Crippen molar-refractivity contribution < 1.29 is 14.3 Å². The van der Waals surface area contributed by atoms with E-state index < -0.39 is 0 Å². The largest absolute Gasteiger partial charge is 0.497 e. The summed E-state index contributed by atoms with van der Waals surface area (Å²) in [6.07, 6.45) is 1.58. The lowest BCUT2D eigenvalue weighted by atomic mass is 10.2. The molecule has 0 fully saturated rings. The van der Waals surface area contributed by atoms with Gasteiger partial charge in [-0.15, -0.1) is 0 Å². The molecule has 2 aromatic rings. The Hall–Kier alpha value is -3.02. The summed E-state index contributed by atoms with van der Waals surface area (Å²) >= 11 is 0. The van der Waals surface area contributed by atoms with E-state index in [-0.39, 0.29) is 12.5 Å². The van der Waals surface area contributed by atoms with Crippen molar-refractivity contribution >= 4 is 17.8 Å². The van der Waals surface area contributed by atoms with Gasteiger partial charge in [-0.25, -0.2) is 5.43 Å². The van der Waals surface area contributed by atoms with E-state index >= 15 is 0 Å². The van der Waals surface area contributed by atoms with Crippen molar-refractivity contribution in [3.63, 3.8) is 0 Å². The van der Waals surface area contributed by atoms with Gasteiger partial charge in [0.15, 0.2) is 0 Å². The van der Waals surface area contributed by atoms with Crippen molar-refractivity contribution in [2.24, 2.45) is 5.10 Å². The molecule has 126 valence electrons. The number of nitrogens with zero attached hydrogens (tertiary/aromatic N) is 1. The molecule has 0 aliphatic rings. The number of hydrogen-bond donors (Lipinski definition) is 2. The second kappa shape index (κ2) is 9.19. The first-order valence-corrected chi connectivity index (χ1v) is 7.64. The first-order valence-electron chi connectivity index (χ1n) is 7.64. The van der Waals surface area contributed by atoms with Gasteiger partial charge in [0.2, 0.25) is 0 Å².